The second kappa shape index (κ2) is 5.80. The quantitative estimate of drug-likeness (QED) is 0.818. The van der Waals surface area contributed by atoms with E-state index in [1.54, 1.807) is 18.0 Å². The molecule has 0 radical (unpaired) electrons. The van der Waals surface area contributed by atoms with Crippen LogP contribution in [0.5, 0.6) is 0 Å². The zero-order chi connectivity index (χ0) is 13.8. The zero-order valence-corrected chi connectivity index (χ0v) is 10.8. The summed E-state index contributed by atoms with van der Waals surface area (Å²) in [5.41, 5.74) is 1.09. The Hall–Kier alpha value is -1.94. The number of ketones is 2. The number of rotatable bonds is 4. The maximum absolute atomic E-state index is 11.7. The predicted molar refractivity (Wildman–Crippen MR) is 71.5 cm³/mol. The number of nitrogens with zero attached hydrogens (tertiary/aromatic N) is 1. The largest absolute Gasteiger partial charge is 0.394 e. The van der Waals surface area contributed by atoms with Crippen molar-refractivity contribution in [2.75, 3.05) is 6.61 Å². The zero-order valence-electron chi connectivity index (χ0n) is 10.8. The Balaban J connectivity index is 2.16. The van der Waals surface area contributed by atoms with Crippen LogP contribution in [0.1, 0.15) is 12.5 Å². The van der Waals surface area contributed by atoms with Crippen LogP contribution in [-0.2, 0) is 16.0 Å². The molecule has 0 saturated heterocycles. The van der Waals surface area contributed by atoms with Crippen molar-refractivity contribution in [2.45, 2.75) is 25.4 Å². The number of benzene rings is 1. The minimum Gasteiger partial charge on any atom is -0.394 e. The van der Waals surface area contributed by atoms with Gasteiger partial charge in [-0.05, 0) is 18.9 Å². The highest BCUT2D eigenvalue weighted by Crippen LogP contribution is 2.16. The molecule has 1 unspecified atom stereocenters. The molecule has 0 amide bonds. The van der Waals surface area contributed by atoms with Crippen molar-refractivity contribution in [2.24, 2.45) is 0 Å². The Labute approximate surface area is 112 Å². The summed E-state index contributed by atoms with van der Waals surface area (Å²) < 4.78 is 0. The monoisotopic (exact) mass is 259 g/mol. The van der Waals surface area contributed by atoms with Crippen LogP contribution in [0.25, 0.3) is 0 Å². The van der Waals surface area contributed by atoms with Gasteiger partial charge in [-0.3, -0.25) is 9.59 Å². The van der Waals surface area contributed by atoms with Gasteiger partial charge in [0.25, 0.3) is 0 Å². The summed E-state index contributed by atoms with van der Waals surface area (Å²) in [6, 6.07) is 9.05. The van der Waals surface area contributed by atoms with E-state index in [9.17, 15) is 14.7 Å². The van der Waals surface area contributed by atoms with Gasteiger partial charge in [0, 0.05) is 12.3 Å². The van der Waals surface area contributed by atoms with E-state index in [4.69, 9.17) is 0 Å². The van der Waals surface area contributed by atoms with Gasteiger partial charge < -0.3 is 10.0 Å². The Morgan fingerprint density at radius 3 is 2.58 bits per heavy atom. The molecule has 2 rings (SSSR count). The predicted octanol–water partition coefficient (Wildman–Crippen LogP) is 0.946. The van der Waals surface area contributed by atoms with Gasteiger partial charge in [0.2, 0.25) is 11.6 Å². The first-order valence-corrected chi connectivity index (χ1v) is 6.32. The van der Waals surface area contributed by atoms with E-state index in [-0.39, 0.29) is 12.6 Å². The summed E-state index contributed by atoms with van der Waals surface area (Å²) in [4.78, 5) is 24.7. The number of hydrogen-bond acceptors (Lipinski definition) is 4. The van der Waals surface area contributed by atoms with E-state index >= 15 is 0 Å². The van der Waals surface area contributed by atoms with E-state index < -0.39 is 17.6 Å². The van der Waals surface area contributed by atoms with Crippen molar-refractivity contribution in [3.05, 3.63) is 48.2 Å². The van der Waals surface area contributed by atoms with Crippen molar-refractivity contribution in [3.63, 3.8) is 0 Å². The van der Waals surface area contributed by atoms with Crippen LogP contribution in [0.4, 0.5) is 0 Å². The number of aliphatic hydroxyl groups excluding tert-OH is 1. The fourth-order valence-electron chi connectivity index (χ4n) is 2.29. The summed E-state index contributed by atoms with van der Waals surface area (Å²) in [6.07, 6.45) is 3.52. The van der Waals surface area contributed by atoms with E-state index in [0.29, 0.717) is 6.42 Å². The molecule has 19 heavy (non-hydrogen) atoms. The van der Waals surface area contributed by atoms with Gasteiger partial charge in [0.05, 0.1) is 18.7 Å². The lowest BCUT2D eigenvalue weighted by atomic mass is 9.99. The lowest BCUT2D eigenvalue weighted by Crippen LogP contribution is -2.49. The SMILES string of the molecule is CC1C(=O)C(=O)C=CN1[C@@H](CO)Cc1ccccc1. The highest BCUT2D eigenvalue weighted by molar-refractivity contribution is 6.43. The molecule has 1 N–H and O–H groups in total. The molecule has 1 aliphatic rings. The van der Waals surface area contributed by atoms with Crippen molar-refractivity contribution >= 4 is 11.6 Å². The van der Waals surface area contributed by atoms with Gasteiger partial charge in [-0.15, -0.1) is 0 Å². The molecular formula is C15H17NO3. The first kappa shape index (κ1) is 13.5. The molecular weight excluding hydrogens is 242 g/mol. The second-order valence-electron chi connectivity index (χ2n) is 4.69. The Morgan fingerprint density at radius 1 is 1.26 bits per heavy atom. The first-order valence-electron chi connectivity index (χ1n) is 6.32. The maximum Gasteiger partial charge on any atom is 0.225 e. The van der Waals surface area contributed by atoms with Crippen molar-refractivity contribution in [1.29, 1.82) is 0 Å². The molecule has 0 aromatic heterocycles. The fraction of sp³-hybridized carbons (Fsp3) is 0.333. The molecule has 1 aliphatic heterocycles. The molecule has 0 fully saturated rings. The highest BCUT2D eigenvalue weighted by atomic mass is 16.3. The van der Waals surface area contributed by atoms with Crippen LogP contribution < -0.4 is 0 Å². The van der Waals surface area contributed by atoms with E-state index in [1.165, 1.54) is 6.08 Å². The Kier molecular flexibility index (Phi) is 4.12. The Bertz CT molecular complexity index is 495. The molecule has 4 nitrogen and oxygen atoms in total. The van der Waals surface area contributed by atoms with Gasteiger partial charge in [-0.25, -0.2) is 0 Å². The summed E-state index contributed by atoms with van der Waals surface area (Å²) in [7, 11) is 0. The minimum atomic E-state index is -0.515. The van der Waals surface area contributed by atoms with Crippen molar-refractivity contribution in [3.8, 4) is 0 Å². The van der Waals surface area contributed by atoms with Crippen molar-refractivity contribution in [1.82, 2.24) is 4.90 Å². The summed E-state index contributed by atoms with van der Waals surface area (Å²) in [6.45, 7) is 1.63. The molecule has 1 aromatic carbocycles. The first-order chi connectivity index (χ1) is 9.13. The van der Waals surface area contributed by atoms with Crippen LogP contribution in [0.15, 0.2) is 42.6 Å². The lowest BCUT2D eigenvalue weighted by molar-refractivity contribution is -0.137. The van der Waals surface area contributed by atoms with Crippen LogP contribution in [0.3, 0.4) is 0 Å². The van der Waals surface area contributed by atoms with Gasteiger partial charge >= 0.3 is 0 Å². The van der Waals surface area contributed by atoms with Gasteiger partial charge in [-0.2, -0.15) is 0 Å². The molecule has 2 atom stereocenters. The second-order valence-corrected chi connectivity index (χ2v) is 4.69. The minimum absolute atomic E-state index is 0.0644. The normalized spacial score (nSPS) is 20.7. The maximum atomic E-state index is 11.7. The van der Waals surface area contributed by atoms with Crippen LogP contribution in [-0.4, -0.2) is 40.3 Å². The molecule has 1 heterocycles. The molecule has 0 spiro atoms. The number of hydrogen-bond donors (Lipinski definition) is 1. The standard InChI is InChI=1S/C15H17NO3/c1-11-15(19)14(18)7-8-16(11)13(10-17)9-12-5-3-2-4-6-12/h2-8,11,13,17H,9-10H2,1H3/t11?,13-/m1/s1. The average molecular weight is 259 g/mol. The van der Waals surface area contributed by atoms with Gasteiger partial charge in [-0.1, -0.05) is 30.3 Å². The number of Topliss-reactive ketones (excluding diaryl/α,β-unsaturated/α-hetero) is 1. The van der Waals surface area contributed by atoms with Crippen LogP contribution >= 0.6 is 0 Å². The van der Waals surface area contributed by atoms with Gasteiger partial charge in [0.15, 0.2) is 0 Å². The third-order valence-electron chi connectivity index (χ3n) is 3.41. The lowest BCUT2D eigenvalue weighted by Gasteiger charge is -2.35. The number of carbonyl (C=O) groups is 2. The Morgan fingerprint density at radius 2 is 1.95 bits per heavy atom. The average Bonchev–Trinajstić information content (AvgIpc) is 2.44. The van der Waals surface area contributed by atoms with E-state index in [0.717, 1.165) is 5.56 Å². The topological polar surface area (TPSA) is 57.6 Å². The third-order valence-corrected chi connectivity index (χ3v) is 3.41. The van der Waals surface area contributed by atoms with E-state index in [1.807, 2.05) is 30.3 Å². The number of allylic oxidation sites excluding steroid dienone is 1. The molecule has 0 aliphatic carbocycles. The van der Waals surface area contributed by atoms with Crippen LogP contribution in [0, 0.1) is 0 Å². The number of carbonyl (C=O) groups excluding carboxylic acids is 2. The fourth-order valence-corrected chi connectivity index (χ4v) is 2.29. The molecule has 100 valence electrons. The smallest absolute Gasteiger partial charge is 0.225 e. The van der Waals surface area contributed by atoms with Crippen LogP contribution in [0.2, 0.25) is 0 Å². The molecule has 1 aromatic rings. The van der Waals surface area contributed by atoms with Crippen molar-refractivity contribution < 1.29 is 14.7 Å². The number of aliphatic hydroxyl groups is 1. The molecule has 0 bridgehead atoms. The summed E-state index contributed by atoms with van der Waals surface area (Å²) >= 11 is 0. The van der Waals surface area contributed by atoms with E-state index in [2.05, 4.69) is 0 Å². The molecule has 4 heteroatoms. The van der Waals surface area contributed by atoms with Gasteiger partial charge in [0.1, 0.15) is 0 Å². The third kappa shape index (κ3) is 2.90. The summed E-state index contributed by atoms with van der Waals surface area (Å²) in [5.74, 6) is -0.894. The molecule has 0 saturated carbocycles. The summed E-state index contributed by atoms with van der Waals surface area (Å²) in [5, 5.41) is 9.54. The highest BCUT2D eigenvalue weighted by Gasteiger charge is 2.31.